The van der Waals surface area contributed by atoms with E-state index in [-0.39, 0.29) is 19.1 Å². The first-order chi connectivity index (χ1) is 17.5. The Hall–Kier alpha value is -4.09. The van der Waals surface area contributed by atoms with Crippen LogP contribution in [0.2, 0.25) is 0 Å². The number of likely N-dealkylation sites (N-methyl/N-ethyl adjacent to an activating group) is 1. The van der Waals surface area contributed by atoms with E-state index in [4.69, 9.17) is 9.84 Å². The summed E-state index contributed by atoms with van der Waals surface area (Å²) in [5, 5.41) is 21.6. The minimum Gasteiger partial charge on any atom is -0.480 e. The van der Waals surface area contributed by atoms with Crippen LogP contribution in [-0.2, 0) is 11.3 Å². The van der Waals surface area contributed by atoms with Gasteiger partial charge in [-0.15, -0.1) is 11.3 Å². The second-order valence-corrected chi connectivity index (χ2v) is 9.22. The third kappa shape index (κ3) is 4.83. The average molecular weight is 504 g/mol. The van der Waals surface area contributed by atoms with Gasteiger partial charge >= 0.3 is 0 Å². The Morgan fingerprint density at radius 3 is 2.94 bits per heavy atom. The first-order valence-electron chi connectivity index (χ1n) is 11.4. The van der Waals surface area contributed by atoms with Crippen LogP contribution >= 0.6 is 11.3 Å². The van der Waals surface area contributed by atoms with Crippen molar-refractivity contribution in [1.29, 1.82) is 0 Å². The number of aliphatic hydroxyl groups excluding tert-OH is 1. The molecule has 3 aromatic heterocycles. The Morgan fingerprint density at radius 2 is 2.14 bits per heavy atom. The van der Waals surface area contributed by atoms with E-state index in [0.717, 1.165) is 21.6 Å². The molecule has 11 heteroatoms. The molecule has 0 spiro atoms. The number of ether oxygens (including phenoxy) is 1. The maximum Gasteiger partial charge on any atom is 0.263 e. The zero-order valence-corrected chi connectivity index (χ0v) is 20.6. The molecule has 0 aliphatic rings. The summed E-state index contributed by atoms with van der Waals surface area (Å²) in [6, 6.07) is 11.5. The van der Waals surface area contributed by atoms with Gasteiger partial charge in [0.2, 0.25) is 0 Å². The molecule has 0 saturated carbocycles. The Balaban J connectivity index is 1.42. The normalized spacial score (nSPS) is 12.1. The summed E-state index contributed by atoms with van der Waals surface area (Å²) in [5.74, 6) is 0.826. The second-order valence-electron chi connectivity index (χ2n) is 8.24. The Kier molecular flexibility index (Phi) is 6.74. The van der Waals surface area contributed by atoms with Crippen LogP contribution < -0.4 is 10.1 Å². The second kappa shape index (κ2) is 10.3. The van der Waals surface area contributed by atoms with Crippen LogP contribution in [0.3, 0.4) is 0 Å². The van der Waals surface area contributed by atoms with Crippen molar-refractivity contribution >= 4 is 50.6 Å². The number of amides is 1. The number of fused-ring (bicyclic) bond motifs is 2. The highest BCUT2D eigenvalue weighted by Crippen LogP contribution is 2.33. The zero-order chi connectivity index (χ0) is 25.1. The molecule has 0 bridgehead atoms. The molecule has 1 atom stereocenters. The molecule has 0 unspecified atom stereocenters. The summed E-state index contributed by atoms with van der Waals surface area (Å²) in [6.45, 7) is 2.43. The smallest absolute Gasteiger partial charge is 0.263 e. The lowest BCUT2D eigenvalue weighted by atomic mass is 10.2. The number of anilines is 2. The third-order valence-corrected chi connectivity index (χ3v) is 6.53. The van der Waals surface area contributed by atoms with Gasteiger partial charge in [-0.2, -0.15) is 5.10 Å². The molecule has 184 valence electrons. The van der Waals surface area contributed by atoms with Gasteiger partial charge in [-0.1, -0.05) is 6.07 Å². The molecule has 3 heterocycles. The van der Waals surface area contributed by atoms with Crippen LogP contribution in [-0.4, -0.2) is 66.9 Å². The highest BCUT2D eigenvalue weighted by molar-refractivity contribution is 7.09. The van der Waals surface area contributed by atoms with Crippen LogP contribution in [0.4, 0.5) is 11.5 Å². The first kappa shape index (κ1) is 23.6. The summed E-state index contributed by atoms with van der Waals surface area (Å²) >= 11 is 1.60. The summed E-state index contributed by atoms with van der Waals surface area (Å²) < 4.78 is 7.97. The van der Waals surface area contributed by atoms with Crippen LogP contribution in [0.5, 0.6) is 5.75 Å². The zero-order valence-electron chi connectivity index (χ0n) is 19.8. The number of carbonyl (C=O) groups excluding carboxylic acids is 1. The van der Waals surface area contributed by atoms with E-state index in [0.29, 0.717) is 29.0 Å². The van der Waals surface area contributed by atoms with Crippen LogP contribution in [0.1, 0.15) is 11.9 Å². The van der Waals surface area contributed by atoms with Crippen molar-refractivity contribution < 1.29 is 14.6 Å². The molecule has 10 nitrogen and oxygen atoms in total. The number of rotatable bonds is 9. The number of carbonyl (C=O) groups is 1. The van der Waals surface area contributed by atoms with Gasteiger partial charge in [0.25, 0.3) is 5.91 Å². The molecule has 2 aromatic carbocycles. The van der Waals surface area contributed by atoms with E-state index in [9.17, 15) is 4.79 Å². The molecule has 0 saturated heterocycles. The molecule has 0 aliphatic heterocycles. The molecule has 5 rings (SSSR count). The van der Waals surface area contributed by atoms with Crippen molar-refractivity contribution in [3.63, 3.8) is 0 Å². The predicted molar refractivity (Wildman–Crippen MR) is 139 cm³/mol. The number of hydrogen-bond acceptors (Lipinski definition) is 9. The van der Waals surface area contributed by atoms with Crippen molar-refractivity contribution in [1.82, 2.24) is 29.6 Å². The number of benzene rings is 2. The van der Waals surface area contributed by atoms with E-state index in [1.54, 1.807) is 37.6 Å². The maximum atomic E-state index is 12.6. The van der Waals surface area contributed by atoms with Gasteiger partial charge in [-0.25, -0.2) is 15.0 Å². The quantitative estimate of drug-likeness (QED) is 0.314. The number of nitrogens with zero attached hydrogens (tertiary/aromatic N) is 6. The number of aliphatic hydroxyl groups is 1. The molecule has 5 aromatic rings. The average Bonchev–Trinajstić information content (AvgIpc) is 3.54. The molecule has 2 N–H and O–H groups in total. The van der Waals surface area contributed by atoms with Gasteiger partial charge in [0.1, 0.15) is 22.9 Å². The van der Waals surface area contributed by atoms with E-state index in [1.165, 1.54) is 11.2 Å². The SMILES string of the molecule is C[C@@H](Oc1cccc2ncnc(Nc3ccc4c(cnn4Cc4nccs4)c3)c12)C(=O)N(C)CCO. The van der Waals surface area contributed by atoms with E-state index < -0.39 is 6.10 Å². The van der Waals surface area contributed by atoms with Gasteiger partial charge in [0, 0.05) is 36.2 Å². The van der Waals surface area contributed by atoms with Gasteiger partial charge < -0.3 is 20.1 Å². The molecule has 36 heavy (non-hydrogen) atoms. The molecule has 0 fully saturated rings. The highest BCUT2D eigenvalue weighted by atomic mass is 32.1. The molecule has 0 radical (unpaired) electrons. The minimum absolute atomic E-state index is 0.112. The van der Waals surface area contributed by atoms with Gasteiger partial charge in [0.05, 0.1) is 35.8 Å². The molecule has 1 amide bonds. The summed E-state index contributed by atoms with van der Waals surface area (Å²) in [6.07, 6.45) is 4.36. The summed E-state index contributed by atoms with van der Waals surface area (Å²) in [4.78, 5) is 27.2. The van der Waals surface area contributed by atoms with Crippen molar-refractivity contribution in [2.75, 3.05) is 25.5 Å². The summed E-state index contributed by atoms with van der Waals surface area (Å²) in [5.41, 5.74) is 2.52. The Bertz CT molecular complexity index is 1500. The number of aromatic nitrogens is 5. The maximum absolute atomic E-state index is 12.6. The number of hydrogen-bond donors (Lipinski definition) is 2. The van der Waals surface area contributed by atoms with E-state index in [2.05, 4.69) is 25.4 Å². The predicted octanol–water partition coefficient (Wildman–Crippen LogP) is 3.45. The van der Waals surface area contributed by atoms with Gasteiger partial charge in [-0.3, -0.25) is 9.48 Å². The fourth-order valence-corrected chi connectivity index (χ4v) is 4.57. The standard InChI is InChI=1S/C25H25N7O3S/c1-16(25(34)31(2)9-10-33)35-21-5-3-4-19-23(21)24(28-15-27-19)30-18-6-7-20-17(12-18)13-29-32(20)14-22-26-8-11-36-22/h3-8,11-13,15-16,33H,9-10,14H2,1-2H3,(H,27,28,30)/t16-/m1/s1. The van der Waals surface area contributed by atoms with Gasteiger partial charge in [0.15, 0.2) is 6.10 Å². The lowest BCUT2D eigenvalue weighted by Crippen LogP contribution is -2.39. The van der Waals surface area contributed by atoms with E-state index in [1.807, 2.05) is 46.6 Å². The largest absolute Gasteiger partial charge is 0.480 e. The lowest BCUT2D eigenvalue weighted by Gasteiger charge is -2.22. The summed E-state index contributed by atoms with van der Waals surface area (Å²) in [7, 11) is 1.63. The van der Waals surface area contributed by atoms with Crippen molar-refractivity contribution in [2.45, 2.75) is 19.6 Å². The van der Waals surface area contributed by atoms with Crippen LogP contribution in [0.25, 0.3) is 21.8 Å². The third-order valence-electron chi connectivity index (χ3n) is 5.76. The fourth-order valence-electron chi connectivity index (χ4n) is 3.97. The van der Waals surface area contributed by atoms with Crippen LogP contribution in [0.15, 0.2) is 60.5 Å². The Labute approximate surface area is 211 Å². The lowest BCUT2D eigenvalue weighted by molar-refractivity contribution is -0.136. The van der Waals surface area contributed by atoms with Crippen molar-refractivity contribution in [3.05, 3.63) is 65.5 Å². The molecule has 0 aliphatic carbocycles. The Morgan fingerprint density at radius 1 is 1.25 bits per heavy atom. The number of thiazole rings is 1. The number of nitrogens with one attached hydrogen (secondary N) is 1. The van der Waals surface area contributed by atoms with Gasteiger partial charge in [-0.05, 0) is 37.3 Å². The molecular weight excluding hydrogens is 478 g/mol. The monoisotopic (exact) mass is 503 g/mol. The van der Waals surface area contributed by atoms with Crippen molar-refractivity contribution in [2.24, 2.45) is 0 Å². The van der Waals surface area contributed by atoms with Crippen LogP contribution in [0, 0.1) is 0 Å². The first-order valence-corrected chi connectivity index (χ1v) is 12.3. The van der Waals surface area contributed by atoms with Crippen molar-refractivity contribution in [3.8, 4) is 5.75 Å². The highest BCUT2D eigenvalue weighted by Gasteiger charge is 2.21. The topological polar surface area (TPSA) is 118 Å². The minimum atomic E-state index is -0.750. The fraction of sp³-hybridized carbons (Fsp3) is 0.240. The van der Waals surface area contributed by atoms with E-state index >= 15 is 0 Å². The molecular formula is C25H25N7O3S.